The minimum Gasteiger partial charge on any atom is -0.0622 e. The smallest absolute Gasteiger partial charge is 0.0159 e. The summed E-state index contributed by atoms with van der Waals surface area (Å²) >= 11 is 0. The molecular weight excluding hydrogens is 1020 g/mol. The van der Waals surface area contributed by atoms with Crippen molar-refractivity contribution in [1.29, 1.82) is 0 Å². The van der Waals surface area contributed by atoms with Crippen molar-refractivity contribution in [3.63, 3.8) is 0 Å². The van der Waals surface area contributed by atoms with E-state index in [1.54, 1.807) is 0 Å². The van der Waals surface area contributed by atoms with Crippen LogP contribution >= 0.6 is 0 Å². The normalized spacial score (nSPS) is 14.5. The molecule has 0 saturated carbocycles. The van der Waals surface area contributed by atoms with Crippen LogP contribution in [0.3, 0.4) is 0 Å². The van der Waals surface area contributed by atoms with E-state index in [1.807, 2.05) is 0 Å². The molecule has 0 nitrogen and oxygen atoms in total. The number of hydrogen-bond acceptors (Lipinski definition) is 0. The zero-order valence-electron chi connectivity index (χ0n) is 48.9. The second-order valence-electron chi connectivity index (χ2n) is 25.9. The summed E-state index contributed by atoms with van der Waals surface area (Å²) in [7, 11) is 0. The SMILES string of the molecule is CC1(C)c2ccccc2-c2ccc(-c3ccc4c(c3)C(C)(C)c3cc(-c5c6ccccc6c(-c6c7ccccc7c(-c7ccc8c(c7)C(C)(C)c7ccccc7-8)c7cc(-c8ccccc8)ccc67)c6ccc(-c7ccccc7)cc56)ccc3-4)cc21. The van der Waals surface area contributed by atoms with Crippen LogP contribution in [0.4, 0.5) is 0 Å². The average molecular weight is 1080 g/mol. The summed E-state index contributed by atoms with van der Waals surface area (Å²) in [4.78, 5) is 0. The largest absolute Gasteiger partial charge is 0.0622 e. The van der Waals surface area contributed by atoms with Crippen molar-refractivity contribution in [2.75, 3.05) is 0 Å². The third-order valence-corrected chi connectivity index (χ3v) is 20.3. The van der Waals surface area contributed by atoms with E-state index >= 15 is 0 Å². The summed E-state index contributed by atoms with van der Waals surface area (Å²) in [6.07, 6.45) is 0. The standard InChI is InChI=1S/C85H62/c1-83(2)73-31-19-17-25-59(73)61-39-33-55(47-75(61)83)56-34-40-63-64-42-38-58(50-78(64)85(5,6)76(63)48-56)80-66-28-14-16-30-68(66)82(70-44-36-54(46-72(70)80)52-23-11-8-12-24-52)81-67-29-15-13-27-65(67)79(71-45-53(35-43-69(71)81)51-21-9-7-10-22-51)57-37-41-62-60-26-18-20-32-74(60)84(3,4)77(62)49-57/h7-50H,1-6H3. The summed E-state index contributed by atoms with van der Waals surface area (Å²) in [5.41, 5.74) is 30.8. The van der Waals surface area contributed by atoms with Gasteiger partial charge in [-0.15, -0.1) is 0 Å². The van der Waals surface area contributed by atoms with Crippen molar-refractivity contribution in [1.82, 2.24) is 0 Å². The Morgan fingerprint density at radius 3 is 0.812 bits per heavy atom. The van der Waals surface area contributed by atoms with Gasteiger partial charge in [0.2, 0.25) is 0 Å². The van der Waals surface area contributed by atoms with Crippen LogP contribution in [0.15, 0.2) is 267 Å². The van der Waals surface area contributed by atoms with Gasteiger partial charge in [0.1, 0.15) is 0 Å². The Morgan fingerprint density at radius 1 is 0.165 bits per heavy atom. The van der Waals surface area contributed by atoms with Crippen LogP contribution in [-0.2, 0) is 16.2 Å². The lowest BCUT2D eigenvalue weighted by molar-refractivity contribution is 0.659. The highest BCUT2D eigenvalue weighted by Crippen LogP contribution is 2.57. The molecule has 0 radical (unpaired) electrons. The molecule has 402 valence electrons. The summed E-state index contributed by atoms with van der Waals surface area (Å²) < 4.78 is 0. The van der Waals surface area contributed by atoms with E-state index in [0.29, 0.717) is 0 Å². The summed E-state index contributed by atoms with van der Waals surface area (Å²) in [6.45, 7) is 14.4. The number of rotatable bonds is 6. The Hall–Kier alpha value is -9.88. The zero-order valence-corrected chi connectivity index (χ0v) is 48.9. The van der Waals surface area contributed by atoms with Crippen molar-refractivity contribution < 1.29 is 0 Å². The maximum atomic E-state index is 2.54. The van der Waals surface area contributed by atoms with Gasteiger partial charge in [0.15, 0.2) is 0 Å². The van der Waals surface area contributed by atoms with Crippen molar-refractivity contribution >= 4 is 43.1 Å². The molecule has 3 aliphatic rings. The third-order valence-electron chi connectivity index (χ3n) is 20.3. The van der Waals surface area contributed by atoms with Gasteiger partial charge in [-0.3, -0.25) is 0 Å². The van der Waals surface area contributed by atoms with E-state index in [4.69, 9.17) is 0 Å². The predicted octanol–water partition coefficient (Wildman–Crippen LogP) is 23.2. The van der Waals surface area contributed by atoms with Crippen LogP contribution in [-0.4, -0.2) is 0 Å². The molecule has 0 amide bonds. The first-order valence-electron chi connectivity index (χ1n) is 30.3. The third kappa shape index (κ3) is 7.16. The molecule has 0 bridgehead atoms. The Labute approximate surface area is 498 Å². The van der Waals surface area contributed by atoms with Gasteiger partial charge in [0.05, 0.1) is 0 Å². The maximum Gasteiger partial charge on any atom is 0.0159 e. The lowest BCUT2D eigenvalue weighted by atomic mass is 9.78. The fraction of sp³-hybridized carbons (Fsp3) is 0.106. The second kappa shape index (κ2) is 18.1. The molecule has 0 fully saturated rings. The number of fused-ring (bicyclic) bond motifs is 13. The molecule has 0 N–H and O–H groups in total. The first-order valence-corrected chi connectivity index (χ1v) is 30.3. The predicted molar refractivity (Wildman–Crippen MR) is 362 cm³/mol. The highest BCUT2D eigenvalue weighted by Gasteiger charge is 2.39. The fourth-order valence-corrected chi connectivity index (χ4v) is 16.0. The van der Waals surface area contributed by atoms with Crippen molar-refractivity contribution in [3.05, 3.63) is 300 Å². The van der Waals surface area contributed by atoms with E-state index in [2.05, 4.69) is 308 Å². The fourth-order valence-electron chi connectivity index (χ4n) is 16.0. The van der Waals surface area contributed by atoms with Crippen LogP contribution in [0.25, 0.3) is 143 Å². The molecule has 17 rings (SSSR count). The van der Waals surface area contributed by atoms with Gasteiger partial charge < -0.3 is 0 Å². The van der Waals surface area contributed by atoms with E-state index in [1.165, 1.54) is 177 Å². The van der Waals surface area contributed by atoms with Crippen LogP contribution in [0.1, 0.15) is 74.9 Å². The van der Waals surface area contributed by atoms with Crippen molar-refractivity contribution in [2.24, 2.45) is 0 Å². The van der Waals surface area contributed by atoms with E-state index in [-0.39, 0.29) is 16.2 Å². The summed E-state index contributed by atoms with van der Waals surface area (Å²) in [5.74, 6) is 0. The number of benzene rings is 14. The molecule has 85 heavy (non-hydrogen) atoms. The van der Waals surface area contributed by atoms with Crippen LogP contribution in [0.5, 0.6) is 0 Å². The summed E-state index contributed by atoms with van der Waals surface area (Å²) in [5, 5.41) is 9.97. The molecule has 0 spiro atoms. The minimum absolute atomic E-state index is 0.0628. The lowest BCUT2D eigenvalue weighted by Gasteiger charge is -2.25. The van der Waals surface area contributed by atoms with Gasteiger partial charge >= 0.3 is 0 Å². The van der Waals surface area contributed by atoms with E-state index in [0.717, 1.165) is 0 Å². The van der Waals surface area contributed by atoms with Crippen LogP contribution < -0.4 is 0 Å². The first-order chi connectivity index (χ1) is 41.4. The van der Waals surface area contributed by atoms with Gasteiger partial charge in [-0.2, -0.15) is 0 Å². The highest BCUT2D eigenvalue weighted by molar-refractivity contribution is 6.30. The molecule has 3 aliphatic carbocycles. The maximum absolute atomic E-state index is 2.54. The topological polar surface area (TPSA) is 0 Å². The van der Waals surface area contributed by atoms with E-state index in [9.17, 15) is 0 Å². The molecule has 0 unspecified atom stereocenters. The Kier molecular flexibility index (Phi) is 10.6. The van der Waals surface area contributed by atoms with E-state index < -0.39 is 0 Å². The molecule has 0 heteroatoms. The Balaban J connectivity index is 0.885. The lowest BCUT2D eigenvalue weighted by Crippen LogP contribution is -2.15. The molecule has 14 aromatic carbocycles. The Morgan fingerprint density at radius 2 is 0.424 bits per heavy atom. The van der Waals surface area contributed by atoms with Gasteiger partial charge in [-0.1, -0.05) is 272 Å². The molecule has 0 aromatic heterocycles. The molecule has 0 aliphatic heterocycles. The minimum atomic E-state index is -0.250. The highest BCUT2D eigenvalue weighted by atomic mass is 14.4. The molecule has 14 aromatic rings. The monoisotopic (exact) mass is 1080 g/mol. The van der Waals surface area contributed by atoms with Gasteiger partial charge in [-0.25, -0.2) is 0 Å². The van der Waals surface area contributed by atoms with Crippen molar-refractivity contribution in [2.45, 2.75) is 57.8 Å². The van der Waals surface area contributed by atoms with Gasteiger partial charge in [0, 0.05) is 16.2 Å². The van der Waals surface area contributed by atoms with Gasteiger partial charge in [-0.05, 0) is 213 Å². The van der Waals surface area contributed by atoms with Crippen LogP contribution in [0, 0.1) is 0 Å². The van der Waals surface area contributed by atoms with Gasteiger partial charge in [0.25, 0.3) is 0 Å². The Bertz CT molecular complexity index is 5180. The van der Waals surface area contributed by atoms with Crippen LogP contribution in [0.2, 0.25) is 0 Å². The second-order valence-corrected chi connectivity index (χ2v) is 25.9. The zero-order chi connectivity index (χ0) is 57.1. The summed E-state index contributed by atoms with van der Waals surface area (Å²) in [6, 6.07) is 102. The molecule has 0 saturated heterocycles. The molecule has 0 heterocycles. The first kappa shape index (κ1) is 49.7. The number of hydrogen-bond donors (Lipinski definition) is 0. The van der Waals surface area contributed by atoms with Crippen molar-refractivity contribution in [3.8, 4) is 100 Å². The molecule has 0 atom stereocenters. The average Bonchev–Trinajstić information content (AvgIpc) is 1.63. The quantitative estimate of drug-likeness (QED) is 0.146. The molecular formula is C85H62.